The second-order valence-electron chi connectivity index (χ2n) is 6.51. The Morgan fingerprint density at radius 2 is 1.79 bits per heavy atom. The number of carbonyl (C=O) groups excluding carboxylic acids is 3. The number of nitrogens with one attached hydrogen (secondary N) is 2. The van der Waals surface area contributed by atoms with Gasteiger partial charge in [-0.25, -0.2) is 4.79 Å². The van der Waals surface area contributed by atoms with Crippen LogP contribution in [-0.2, 0) is 9.53 Å². The molecule has 0 aliphatic rings. The van der Waals surface area contributed by atoms with Crippen molar-refractivity contribution in [3.63, 3.8) is 0 Å². The van der Waals surface area contributed by atoms with Gasteiger partial charge in [-0.3, -0.25) is 9.59 Å². The van der Waals surface area contributed by atoms with Crippen molar-refractivity contribution in [2.24, 2.45) is 0 Å². The fraction of sp³-hybridized carbons (Fsp3) is 0.136. The van der Waals surface area contributed by atoms with E-state index in [1.807, 2.05) is 6.92 Å². The molecule has 7 heteroatoms. The molecule has 29 heavy (non-hydrogen) atoms. The number of Topliss-reactive ketones (excluding diaryl/α,β-unsaturated/α-hetero) is 1. The van der Waals surface area contributed by atoms with Crippen LogP contribution in [0.2, 0.25) is 5.02 Å². The van der Waals surface area contributed by atoms with Gasteiger partial charge < -0.3 is 15.0 Å². The minimum Gasteiger partial charge on any atom is -0.443 e. The standard InChI is InChI=1S/C22H19ClN2O4/c1-13-8-9-17(11-18(13)23)25-21(27)20(15-6-4-3-5-7-15)29-22(28)19-10-16(12-24-19)14(2)26/h3-12,20,24H,1-2H3,(H,25,27)/t20-/m0/s1. The Hall–Kier alpha value is -3.38. The van der Waals surface area contributed by atoms with E-state index in [0.717, 1.165) is 5.56 Å². The van der Waals surface area contributed by atoms with E-state index in [1.54, 1.807) is 48.5 Å². The summed E-state index contributed by atoms with van der Waals surface area (Å²) in [4.78, 5) is 39.6. The van der Waals surface area contributed by atoms with Gasteiger partial charge in [-0.1, -0.05) is 48.0 Å². The van der Waals surface area contributed by atoms with E-state index in [9.17, 15) is 14.4 Å². The van der Waals surface area contributed by atoms with Crippen LogP contribution < -0.4 is 5.32 Å². The Labute approximate surface area is 172 Å². The van der Waals surface area contributed by atoms with Crippen molar-refractivity contribution >= 4 is 34.9 Å². The Bertz CT molecular complexity index is 1060. The summed E-state index contributed by atoms with van der Waals surface area (Å²) < 4.78 is 5.48. The van der Waals surface area contributed by atoms with Crippen molar-refractivity contribution in [3.05, 3.63) is 88.2 Å². The molecule has 1 atom stereocenters. The average molecular weight is 411 g/mol. The molecule has 1 heterocycles. The lowest BCUT2D eigenvalue weighted by Gasteiger charge is -2.18. The second kappa shape index (κ2) is 8.75. The van der Waals surface area contributed by atoms with Crippen LogP contribution in [0.25, 0.3) is 0 Å². The first kappa shape index (κ1) is 20.4. The molecule has 1 aromatic heterocycles. The first-order chi connectivity index (χ1) is 13.8. The van der Waals surface area contributed by atoms with E-state index in [0.29, 0.717) is 21.8 Å². The van der Waals surface area contributed by atoms with E-state index in [4.69, 9.17) is 16.3 Å². The van der Waals surface area contributed by atoms with Crippen LogP contribution in [0.15, 0.2) is 60.8 Å². The molecule has 0 bridgehead atoms. The number of H-pyrrole nitrogens is 1. The first-order valence-electron chi connectivity index (χ1n) is 8.87. The molecule has 0 fully saturated rings. The molecule has 2 aromatic carbocycles. The van der Waals surface area contributed by atoms with Crippen LogP contribution in [-0.4, -0.2) is 22.6 Å². The zero-order valence-electron chi connectivity index (χ0n) is 15.9. The highest BCUT2D eigenvalue weighted by molar-refractivity contribution is 6.31. The molecule has 0 aliphatic carbocycles. The van der Waals surface area contributed by atoms with E-state index < -0.39 is 18.0 Å². The largest absolute Gasteiger partial charge is 0.443 e. The second-order valence-corrected chi connectivity index (χ2v) is 6.91. The number of amides is 1. The third kappa shape index (κ3) is 4.92. The summed E-state index contributed by atoms with van der Waals surface area (Å²) in [6.07, 6.45) is 0.234. The van der Waals surface area contributed by atoms with Gasteiger partial charge in [-0.2, -0.15) is 0 Å². The number of esters is 1. The third-order valence-corrected chi connectivity index (χ3v) is 4.72. The van der Waals surface area contributed by atoms with Gasteiger partial charge in [0.05, 0.1) is 0 Å². The van der Waals surface area contributed by atoms with Crippen molar-refractivity contribution in [1.82, 2.24) is 4.98 Å². The molecular weight excluding hydrogens is 392 g/mol. The van der Waals surface area contributed by atoms with Crippen LogP contribution in [0.5, 0.6) is 0 Å². The molecule has 2 N–H and O–H groups in total. The Morgan fingerprint density at radius 1 is 1.07 bits per heavy atom. The molecule has 0 unspecified atom stereocenters. The lowest BCUT2D eigenvalue weighted by molar-refractivity contribution is -0.125. The molecule has 6 nitrogen and oxygen atoms in total. The van der Waals surface area contributed by atoms with Gasteiger partial charge in [-0.15, -0.1) is 0 Å². The first-order valence-corrected chi connectivity index (χ1v) is 9.25. The fourth-order valence-corrected chi connectivity index (χ4v) is 2.85. The van der Waals surface area contributed by atoms with Gasteiger partial charge >= 0.3 is 5.97 Å². The number of halogens is 1. The molecule has 0 spiro atoms. The van der Waals surface area contributed by atoms with Crippen molar-refractivity contribution in [3.8, 4) is 0 Å². The minimum absolute atomic E-state index is 0.0855. The smallest absolute Gasteiger partial charge is 0.355 e. The number of hydrogen-bond donors (Lipinski definition) is 2. The number of aromatic amines is 1. The number of ether oxygens (including phenoxy) is 1. The minimum atomic E-state index is -1.19. The van der Waals surface area contributed by atoms with E-state index >= 15 is 0 Å². The summed E-state index contributed by atoms with van der Waals surface area (Å²) in [5.74, 6) is -1.46. The average Bonchev–Trinajstić information content (AvgIpc) is 3.20. The predicted molar refractivity (Wildman–Crippen MR) is 110 cm³/mol. The van der Waals surface area contributed by atoms with Gasteiger partial charge in [0.2, 0.25) is 6.10 Å². The highest BCUT2D eigenvalue weighted by Crippen LogP contribution is 2.24. The summed E-state index contributed by atoms with van der Waals surface area (Å²) in [5.41, 5.74) is 2.31. The Balaban J connectivity index is 1.84. The number of ketones is 1. The number of benzene rings is 2. The van der Waals surface area contributed by atoms with Crippen molar-refractivity contribution in [2.45, 2.75) is 20.0 Å². The van der Waals surface area contributed by atoms with Gasteiger partial charge in [0.25, 0.3) is 5.91 Å². The lowest BCUT2D eigenvalue weighted by Crippen LogP contribution is -2.26. The van der Waals surface area contributed by atoms with Gasteiger partial charge in [0.15, 0.2) is 5.78 Å². The molecule has 3 aromatic rings. The van der Waals surface area contributed by atoms with E-state index in [1.165, 1.54) is 19.2 Å². The molecule has 1 amide bonds. The molecule has 148 valence electrons. The van der Waals surface area contributed by atoms with Crippen molar-refractivity contribution < 1.29 is 19.1 Å². The van der Waals surface area contributed by atoms with Crippen LogP contribution in [0.3, 0.4) is 0 Å². The normalized spacial score (nSPS) is 11.6. The van der Waals surface area contributed by atoms with Crippen molar-refractivity contribution in [1.29, 1.82) is 0 Å². The number of carbonyl (C=O) groups is 3. The number of rotatable bonds is 6. The Kier molecular flexibility index (Phi) is 6.14. The van der Waals surface area contributed by atoms with Gasteiger partial charge in [0.1, 0.15) is 5.69 Å². The van der Waals surface area contributed by atoms with Crippen LogP contribution in [0, 0.1) is 6.92 Å². The quantitative estimate of drug-likeness (QED) is 0.454. The number of aromatic nitrogens is 1. The SMILES string of the molecule is CC(=O)c1c[nH]c(C(=O)O[C@H](C(=O)Nc2ccc(C)c(Cl)c2)c2ccccc2)c1. The fourth-order valence-electron chi connectivity index (χ4n) is 2.67. The lowest BCUT2D eigenvalue weighted by atomic mass is 10.1. The summed E-state index contributed by atoms with van der Waals surface area (Å²) in [6, 6.07) is 15.2. The third-order valence-electron chi connectivity index (χ3n) is 4.31. The maximum atomic E-state index is 12.9. The number of hydrogen-bond acceptors (Lipinski definition) is 4. The summed E-state index contributed by atoms with van der Waals surface area (Å²) in [5, 5.41) is 3.24. The zero-order chi connectivity index (χ0) is 21.0. The van der Waals surface area contributed by atoms with Gasteiger partial charge in [0, 0.05) is 28.0 Å². The van der Waals surface area contributed by atoms with E-state index in [2.05, 4.69) is 10.3 Å². The molecule has 0 saturated heterocycles. The maximum Gasteiger partial charge on any atom is 0.355 e. The Morgan fingerprint density at radius 3 is 2.41 bits per heavy atom. The molecular formula is C22H19ClN2O4. The van der Waals surface area contributed by atoms with Crippen molar-refractivity contribution in [2.75, 3.05) is 5.32 Å². The van der Waals surface area contributed by atoms with Crippen LogP contribution >= 0.6 is 11.6 Å². The number of aryl methyl sites for hydroxylation is 1. The predicted octanol–water partition coefficient (Wildman–Crippen LogP) is 4.72. The molecule has 3 rings (SSSR count). The van der Waals surface area contributed by atoms with E-state index in [-0.39, 0.29) is 11.5 Å². The highest BCUT2D eigenvalue weighted by atomic mass is 35.5. The maximum absolute atomic E-state index is 12.9. The molecule has 0 aliphatic heterocycles. The topological polar surface area (TPSA) is 88.3 Å². The zero-order valence-corrected chi connectivity index (χ0v) is 16.6. The van der Waals surface area contributed by atoms with Crippen LogP contribution in [0.1, 0.15) is 45.0 Å². The monoisotopic (exact) mass is 410 g/mol. The summed E-state index contributed by atoms with van der Waals surface area (Å²) in [7, 11) is 0. The molecule has 0 saturated carbocycles. The highest BCUT2D eigenvalue weighted by Gasteiger charge is 2.26. The van der Waals surface area contributed by atoms with Crippen LogP contribution in [0.4, 0.5) is 5.69 Å². The van der Waals surface area contributed by atoms with Gasteiger partial charge in [-0.05, 0) is 37.6 Å². The summed E-state index contributed by atoms with van der Waals surface area (Å²) in [6.45, 7) is 3.25. The summed E-state index contributed by atoms with van der Waals surface area (Å²) >= 11 is 6.12. The number of anilines is 1. The molecule has 0 radical (unpaired) electrons.